The molecule has 0 aliphatic carbocycles. The highest BCUT2D eigenvalue weighted by Gasteiger charge is 2.11. The van der Waals surface area contributed by atoms with Crippen molar-refractivity contribution in [2.24, 2.45) is 0 Å². The van der Waals surface area contributed by atoms with E-state index < -0.39 is 0 Å². The molecule has 0 saturated carbocycles. The van der Waals surface area contributed by atoms with Gasteiger partial charge in [0.25, 0.3) is 0 Å². The first kappa shape index (κ1) is 12.8. The molecule has 1 atom stereocenters. The summed E-state index contributed by atoms with van der Waals surface area (Å²) in [5.74, 6) is 0. The van der Waals surface area contributed by atoms with Gasteiger partial charge in [0, 0.05) is 11.6 Å². The molecule has 3 nitrogen and oxygen atoms in total. The molecule has 0 radical (unpaired) electrons. The van der Waals surface area contributed by atoms with Crippen LogP contribution in [0.1, 0.15) is 31.9 Å². The predicted molar refractivity (Wildman–Crippen MR) is 66.7 cm³/mol. The van der Waals surface area contributed by atoms with Gasteiger partial charge in [-0.1, -0.05) is 30.7 Å². The highest BCUT2D eigenvalue weighted by Crippen LogP contribution is 2.18. The summed E-state index contributed by atoms with van der Waals surface area (Å²) in [5, 5.41) is 6.33. The average Bonchev–Trinajstić information content (AvgIpc) is 2.27. The van der Waals surface area contributed by atoms with Crippen molar-refractivity contribution in [3.63, 3.8) is 0 Å². The number of hydrogen-bond donors (Lipinski definition) is 2. The van der Waals surface area contributed by atoms with Crippen LogP contribution in [-0.4, -0.2) is 12.6 Å². The number of amides is 2. The monoisotopic (exact) mass is 240 g/mol. The number of benzene rings is 1. The first-order chi connectivity index (χ1) is 7.67. The summed E-state index contributed by atoms with van der Waals surface area (Å²) in [7, 11) is 0. The minimum atomic E-state index is -0.135. The van der Waals surface area contributed by atoms with Crippen molar-refractivity contribution < 1.29 is 4.79 Å². The normalized spacial score (nSPS) is 11.9. The Morgan fingerprint density at radius 3 is 2.44 bits per heavy atom. The highest BCUT2D eigenvalue weighted by atomic mass is 35.5. The molecule has 0 aromatic heterocycles. The van der Waals surface area contributed by atoms with Gasteiger partial charge in [0.2, 0.25) is 0 Å². The minimum Gasteiger partial charge on any atom is -0.338 e. The summed E-state index contributed by atoms with van der Waals surface area (Å²) in [6, 6.07) is 7.43. The second kappa shape index (κ2) is 6.38. The Bertz CT molecular complexity index is 337. The third kappa shape index (κ3) is 3.74. The summed E-state index contributed by atoms with van der Waals surface area (Å²) in [6.45, 7) is 4.55. The maximum absolute atomic E-state index is 11.4. The van der Waals surface area contributed by atoms with Gasteiger partial charge in [-0.05, 0) is 31.0 Å². The molecule has 88 valence electrons. The Morgan fingerprint density at radius 2 is 1.94 bits per heavy atom. The summed E-state index contributed by atoms with van der Waals surface area (Å²) in [4.78, 5) is 11.4. The van der Waals surface area contributed by atoms with Crippen LogP contribution in [0.2, 0.25) is 5.02 Å². The largest absolute Gasteiger partial charge is 0.338 e. The second-order valence-electron chi connectivity index (χ2n) is 3.52. The average molecular weight is 241 g/mol. The maximum atomic E-state index is 11.4. The van der Waals surface area contributed by atoms with Crippen molar-refractivity contribution in [2.45, 2.75) is 26.3 Å². The topological polar surface area (TPSA) is 41.1 Å². The van der Waals surface area contributed by atoms with E-state index in [4.69, 9.17) is 11.6 Å². The van der Waals surface area contributed by atoms with Crippen LogP contribution in [0.25, 0.3) is 0 Å². The van der Waals surface area contributed by atoms with Crippen LogP contribution in [0.3, 0.4) is 0 Å². The maximum Gasteiger partial charge on any atom is 0.315 e. The molecular weight excluding hydrogens is 224 g/mol. The molecule has 0 aliphatic rings. The molecule has 0 aliphatic heterocycles. The molecule has 16 heavy (non-hydrogen) atoms. The lowest BCUT2D eigenvalue weighted by Gasteiger charge is -2.17. The second-order valence-corrected chi connectivity index (χ2v) is 3.95. The van der Waals surface area contributed by atoms with Gasteiger partial charge in [-0.3, -0.25) is 0 Å². The van der Waals surface area contributed by atoms with Crippen LogP contribution in [0.4, 0.5) is 4.79 Å². The van der Waals surface area contributed by atoms with Crippen LogP contribution in [0, 0.1) is 0 Å². The lowest BCUT2D eigenvalue weighted by molar-refractivity contribution is 0.237. The third-order valence-electron chi connectivity index (χ3n) is 2.32. The summed E-state index contributed by atoms with van der Waals surface area (Å²) in [6.07, 6.45) is 0.846. The molecular formula is C12H17ClN2O. The standard InChI is InChI=1S/C12H17ClN2O/c1-3-11(15-12(16)14-4-2)9-5-7-10(13)8-6-9/h5-8,11H,3-4H2,1-2H3,(H2,14,15,16)/t11-/m0/s1. The summed E-state index contributed by atoms with van der Waals surface area (Å²) in [5.41, 5.74) is 1.07. The molecule has 0 fully saturated rings. The number of urea groups is 1. The Hall–Kier alpha value is -1.22. The molecule has 4 heteroatoms. The van der Waals surface area contributed by atoms with E-state index in [0.29, 0.717) is 11.6 Å². The lowest BCUT2D eigenvalue weighted by Crippen LogP contribution is -2.37. The summed E-state index contributed by atoms with van der Waals surface area (Å²) >= 11 is 5.82. The van der Waals surface area contributed by atoms with E-state index in [2.05, 4.69) is 10.6 Å². The van der Waals surface area contributed by atoms with Gasteiger partial charge < -0.3 is 10.6 Å². The molecule has 0 saturated heterocycles. The zero-order valence-corrected chi connectivity index (χ0v) is 10.3. The third-order valence-corrected chi connectivity index (χ3v) is 2.58. The van der Waals surface area contributed by atoms with Crippen molar-refractivity contribution in [2.75, 3.05) is 6.54 Å². The Balaban J connectivity index is 2.67. The predicted octanol–water partition coefficient (Wildman–Crippen LogP) is 3.11. The van der Waals surface area contributed by atoms with Gasteiger partial charge >= 0.3 is 6.03 Å². The lowest BCUT2D eigenvalue weighted by atomic mass is 10.1. The zero-order chi connectivity index (χ0) is 12.0. The van der Waals surface area contributed by atoms with Gasteiger partial charge in [0.15, 0.2) is 0 Å². The van der Waals surface area contributed by atoms with E-state index in [1.54, 1.807) is 0 Å². The van der Waals surface area contributed by atoms with Crippen LogP contribution < -0.4 is 10.6 Å². The number of rotatable bonds is 4. The highest BCUT2D eigenvalue weighted by molar-refractivity contribution is 6.30. The van der Waals surface area contributed by atoms with Gasteiger partial charge in [-0.25, -0.2) is 4.79 Å². The Kier molecular flexibility index (Phi) is 5.12. The molecule has 2 N–H and O–H groups in total. The minimum absolute atomic E-state index is 0.0313. The van der Waals surface area contributed by atoms with Crippen molar-refractivity contribution >= 4 is 17.6 Å². The molecule has 0 heterocycles. The SMILES string of the molecule is CCNC(=O)N[C@@H](CC)c1ccc(Cl)cc1. The fraction of sp³-hybridized carbons (Fsp3) is 0.417. The van der Waals surface area contributed by atoms with E-state index in [-0.39, 0.29) is 12.1 Å². The number of hydrogen-bond acceptors (Lipinski definition) is 1. The van der Waals surface area contributed by atoms with Gasteiger partial charge in [-0.15, -0.1) is 0 Å². The molecule has 0 spiro atoms. The first-order valence-corrected chi connectivity index (χ1v) is 5.85. The van der Waals surface area contributed by atoms with Crippen molar-refractivity contribution in [3.8, 4) is 0 Å². The van der Waals surface area contributed by atoms with Crippen LogP contribution in [-0.2, 0) is 0 Å². The van der Waals surface area contributed by atoms with E-state index in [0.717, 1.165) is 12.0 Å². The van der Waals surface area contributed by atoms with E-state index >= 15 is 0 Å². The van der Waals surface area contributed by atoms with Crippen LogP contribution in [0.15, 0.2) is 24.3 Å². The van der Waals surface area contributed by atoms with Crippen LogP contribution >= 0.6 is 11.6 Å². The number of halogens is 1. The summed E-state index contributed by atoms with van der Waals surface area (Å²) < 4.78 is 0. The van der Waals surface area contributed by atoms with E-state index in [1.807, 2.05) is 38.1 Å². The van der Waals surface area contributed by atoms with Crippen molar-refractivity contribution in [1.82, 2.24) is 10.6 Å². The van der Waals surface area contributed by atoms with Crippen LogP contribution in [0.5, 0.6) is 0 Å². The molecule has 1 aromatic carbocycles. The van der Waals surface area contributed by atoms with E-state index in [1.165, 1.54) is 0 Å². The number of carbonyl (C=O) groups is 1. The molecule has 1 rings (SSSR count). The van der Waals surface area contributed by atoms with Gasteiger partial charge in [0.1, 0.15) is 0 Å². The zero-order valence-electron chi connectivity index (χ0n) is 9.59. The Morgan fingerprint density at radius 1 is 1.31 bits per heavy atom. The molecule has 0 bridgehead atoms. The molecule has 1 aromatic rings. The number of carbonyl (C=O) groups excluding carboxylic acids is 1. The fourth-order valence-corrected chi connectivity index (χ4v) is 1.61. The number of nitrogens with one attached hydrogen (secondary N) is 2. The fourth-order valence-electron chi connectivity index (χ4n) is 1.49. The first-order valence-electron chi connectivity index (χ1n) is 5.47. The molecule has 2 amide bonds. The van der Waals surface area contributed by atoms with Gasteiger partial charge in [-0.2, -0.15) is 0 Å². The quantitative estimate of drug-likeness (QED) is 0.834. The smallest absolute Gasteiger partial charge is 0.315 e. The van der Waals surface area contributed by atoms with E-state index in [9.17, 15) is 4.79 Å². The molecule has 0 unspecified atom stereocenters. The Labute approximate surface area is 101 Å². The van der Waals surface area contributed by atoms with Crippen molar-refractivity contribution in [1.29, 1.82) is 0 Å². The van der Waals surface area contributed by atoms with Gasteiger partial charge in [0.05, 0.1) is 6.04 Å². The van der Waals surface area contributed by atoms with Crippen molar-refractivity contribution in [3.05, 3.63) is 34.9 Å².